The van der Waals surface area contributed by atoms with Crippen molar-refractivity contribution in [2.75, 3.05) is 36.8 Å². The molecule has 0 saturated carbocycles. The number of thiophene rings is 1. The minimum absolute atomic E-state index is 0.0374. The standard InChI is InChI=1S/C26H32F3N5O2S2/c1-3-22-31-23(21-11-20(12-26(27,28)29)37-24(21)32-22)34-10-8-25(17-34)7-9-33(16-25)14-18-5-6-19(30-13-18)15-38(35,36)4-2/h5-6,11,13H,3-4,7-10,12,14-17H2,1-2H3. The molecule has 7 nitrogen and oxygen atoms in total. The van der Waals surface area contributed by atoms with Gasteiger partial charge in [-0.25, -0.2) is 18.4 Å². The molecule has 12 heteroatoms. The van der Waals surface area contributed by atoms with E-state index < -0.39 is 22.4 Å². The number of halogens is 3. The summed E-state index contributed by atoms with van der Waals surface area (Å²) in [5.41, 5.74) is 1.72. The van der Waals surface area contributed by atoms with Crippen molar-refractivity contribution in [3.05, 3.63) is 46.4 Å². The number of sulfone groups is 1. The van der Waals surface area contributed by atoms with E-state index in [0.29, 0.717) is 22.8 Å². The van der Waals surface area contributed by atoms with Crippen molar-refractivity contribution in [2.24, 2.45) is 5.41 Å². The van der Waals surface area contributed by atoms with Crippen molar-refractivity contribution in [2.45, 2.75) is 58.0 Å². The average molecular weight is 568 g/mol. The van der Waals surface area contributed by atoms with Crippen LogP contribution in [0.5, 0.6) is 0 Å². The largest absolute Gasteiger partial charge is 0.393 e. The summed E-state index contributed by atoms with van der Waals surface area (Å²) in [5, 5.41) is 0.717. The van der Waals surface area contributed by atoms with E-state index in [0.717, 1.165) is 73.7 Å². The van der Waals surface area contributed by atoms with Gasteiger partial charge in [-0.15, -0.1) is 11.3 Å². The molecule has 5 heterocycles. The number of likely N-dealkylation sites (tertiary alicyclic amines) is 1. The zero-order valence-corrected chi connectivity index (χ0v) is 23.2. The maximum atomic E-state index is 13.0. The van der Waals surface area contributed by atoms with Crippen molar-refractivity contribution in [3.8, 4) is 0 Å². The molecule has 3 aromatic rings. The van der Waals surface area contributed by atoms with Crippen LogP contribution in [0.2, 0.25) is 0 Å². The third-order valence-corrected chi connectivity index (χ3v) is 10.2. The van der Waals surface area contributed by atoms with Gasteiger partial charge in [-0.05, 0) is 37.1 Å². The molecular formula is C26H32F3N5O2S2. The SMILES string of the molecule is CCc1nc(N2CCC3(CCN(Cc4ccc(CS(=O)(=O)CC)nc4)C3)C2)c2cc(CC(F)(F)F)sc2n1. The highest BCUT2D eigenvalue weighted by Gasteiger charge is 2.44. The van der Waals surface area contributed by atoms with Crippen LogP contribution < -0.4 is 4.90 Å². The number of aromatic nitrogens is 3. The summed E-state index contributed by atoms with van der Waals surface area (Å²) < 4.78 is 62.8. The molecule has 5 rings (SSSR count). The van der Waals surface area contributed by atoms with E-state index in [1.165, 1.54) is 0 Å². The monoisotopic (exact) mass is 567 g/mol. The minimum Gasteiger partial charge on any atom is -0.355 e. The normalized spacial score (nSPS) is 20.8. The Kier molecular flexibility index (Phi) is 7.42. The molecule has 38 heavy (non-hydrogen) atoms. The fourth-order valence-corrected chi connectivity index (χ4v) is 7.41. The van der Waals surface area contributed by atoms with Crippen molar-refractivity contribution in [1.29, 1.82) is 0 Å². The van der Waals surface area contributed by atoms with Crippen molar-refractivity contribution >= 4 is 37.2 Å². The first-order chi connectivity index (χ1) is 18.0. The second kappa shape index (κ2) is 10.3. The Morgan fingerprint density at radius 3 is 2.58 bits per heavy atom. The molecule has 2 aliphatic heterocycles. The van der Waals surface area contributed by atoms with E-state index in [2.05, 4.69) is 19.8 Å². The lowest BCUT2D eigenvalue weighted by molar-refractivity contribution is -0.126. The molecule has 0 aliphatic carbocycles. The van der Waals surface area contributed by atoms with E-state index in [1.54, 1.807) is 25.3 Å². The first-order valence-electron chi connectivity index (χ1n) is 12.9. The molecule has 2 aliphatic rings. The third-order valence-electron chi connectivity index (χ3n) is 7.52. The van der Waals surface area contributed by atoms with Crippen LogP contribution in [0.3, 0.4) is 0 Å². The summed E-state index contributed by atoms with van der Waals surface area (Å²) in [6.45, 7) is 7.85. The Bertz CT molecular complexity index is 1410. The second-order valence-corrected chi connectivity index (χ2v) is 14.0. The lowest BCUT2D eigenvalue weighted by atomic mass is 9.86. The Hall–Kier alpha value is -2.31. The fraction of sp³-hybridized carbons (Fsp3) is 0.577. The summed E-state index contributed by atoms with van der Waals surface area (Å²) in [4.78, 5) is 19.2. The maximum absolute atomic E-state index is 13.0. The van der Waals surface area contributed by atoms with Crippen LogP contribution in [0.1, 0.15) is 48.6 Å². The number of pyridine rings is 1. The molecule has 2 saturated heterocycles. The zero-order chi connectivity index (χ0) is 27.1. The van der Waals surface area contributed by atoms with E-state index in [-0.39, 0.29) is 21.8 Å². The van der Waals surface area contributed by atoms with Gasteiger partial charge >= 0.3 is 6.18 Å². The molecule has 0 radical (unpaired) electrons. The zero-order valence-electron chi connectivity index (χ0n) is 21.6. The van der Waals surface area contributed by atoms with Gasteiger partial charge in [0.2, 0.25) is 0 Å². The Morgan fingerprint density at radius 2 is 1.89 bits per heavy atom. The van der Waals surface area contributed by atoms with Gasteiger partial charge in [-0.2, -0.15) is 13.2 Å². The van der Waals surface area contributed by atoms with Gasteiger partial charge in [0.1, 0.15) is 16.5 Å². The van der Waals surface area contributed by atoms with Crippen LogP contribution in [0.25, 0.3) is 10.2 Å². The number of rotatable bonds is 8. The molecule has 3 aromatic heterocycles. The Balaban J connectivity index is 1.27. The highest BCUT2D eigenvalue weighted by atomic mass is 32.2. The first-order valence-corrected chi connectivity index (χ1v) is 15.6. The van der Waals surface area contributed by atoms with E-state index in [9.17, 15) is 21.6 Å². The Labute approximate surface area is 225 Å². The highest BCUT2D eigenvalue weighted by molar-refractivity contribution is 7.90. The average Bonchev–Trinajstić information content (AvgIpc) is 3.57. The number of anilines is 1. The number of nitrogens with zero attached hydrogens (tertiary/aromatic N) is 5. The summed E-state index contributed by atoms with van der Waals surface area (Å²) in [6, 6.07) is 5.38. The van der Waals surface area contributed by atoms with Gasteiger partial charge in [0.15, 0.2) is 9.84 Å². The van der Waals surface area contributed by atoms with Gasteiger partial charge in [0, 0.05) is 54.8 Å². The van der Waals surface area contributed by atoms with Crippen molar-refractivity contribution in [1.82, 2.24) is 19.9 Å². The van der Waals surface area contributed by atoms with E-state index >= 15 is 0 Å². The smallest absolute Gasteiger partial charge is 0.355 e. The summed E-state index contributed by atoms with van der Waals surface area (Å²) in [6.07, 6.45) is -0.761. The van der Waals surface area contributed by atoms with E-state index in [1.807, 2.05) is 13.0 Å². The second-order valence-electron chi connectivity index (χ2n) is 10.5. The lowest BCUT2D eigenvalue weighted by Crippen LogP contribution is -2.31. The summed E-state index contributed by atoms with van der Waals surface area (Å²) in [7, 11) is -3.11. The molecule has 1 unspecified atom stereocenters. The fourth-order valence-electron chi connectivity index (χ4n) is 5.51. The van der Waals surface area contributed by atoms with Crippen LogP contribution in [0.15, 0.2) is 24.4 Å². The highest BCUT2D eigenvalue weighted by Crippen LogP contribution is 2.43. The molecule has 1 spiro atoms. The van der Waals surface area contributed by atoms with Gasteiger partial charge < -0.3 is 4.90 Å². The van der Waals surface area contributed by atoms with Crippen LogP contribution in [-0.4, -0.2) is 66.4 Å². The maximum Gasteiger partial charge on any atom is 0.393 e. The van der Waals surface area contributed by atoms with Gasteiger partial charge in [0.25, 0.3) is 0 Å². The summed E-state index contributed by atoms with van der Waals surface area (Å²) >= 11 is 1.11. The molecule has 0 N–H and O–H groups in total. The van der Waals surface area contributed by atoms with Crippen LogP contribution in [0, 0.1) is 5.41 Å². The molecule has 2 fully saturated rings. The van der Waals surface area contributed by atoms with Crippen LogP contribution in [-0.2, 0) is 35.0 Å². The van der Waals surface area contributed by atoms with Crippen LogP contribution in [0.4, 0.5) is 19.0 Å². The van der Waals surface area contributed by atoms with Crippen LogP contribution >= 0.6 is 11.3 Å². The molecule has 0 aromatic carbocycles. The van der Waals surface area contributed by atoms with E-state index in [4.69, 9.17) is 4.98 Å². The van der Waals surface area contributed by atoms with Gasteiger partial charge in [-0.3, -0.25) is 9.88 Å². The lowest BCUT2D eigenvalue weighted by Gasteiger charge is -2.25. The van der Waals surface area contributed by atoms with Crippen molar-refractivity contribution < 1.29 is 21.6 Å². The predicted octanol–water partition coefficient (Wildman–Crippen LogP) is 4.79. The predicted molar refractivity (Wildman–Crippen MR) is 143 cm³/mol. The Morgan fingerprint density at radius 1 is 1.11 bits per heavy atom. The molecule has 0 bridgehead atoms. The van der Waals surface area contributed by atoms with Crippen molar-refractivity contribution in [3.63, 3.8) is 0 Å². The van der Waals surface area contributed by atoms with Gasteiger partial charge in [-0.1, -0.05) is 19.9 Å². The van der Waals surface area contributed by atoms with Gasteiger partial charge in [0.05, 0.1) is 23.3 Å². The quantitative estimate of drug-likeness (QED) is 0.387. The topological polar surface area (TPSA) is 79.3 Å². The number of hydrogen-bond acceptors (Lipinski definition) is 8. The molecule has 206 valence electrons. The molecule has 0 amide bonds. The first kappa shape index (κ1) is 27.3. The number of hydrogen-bond donors (Lipinski definition) is 0. The third kappa shape index (κ3) is 6.12. The molecular weight excluding hydrogens is 535 g/mol. The summed E-state index contributed by atoms with van der Waals surface area (Å²) in [5.74, 6) is 1.48. The number of alkyl halides is 3. The number of aryl methyl sites for hydroxylation is 1. The number of fused-ring (bicyclic) bond motifs is 1. The molecule has 1 atom stereocenters. The minimum atomic E-state index is -4.25.